The molecule has 10 nitrogen and oxygen atoms in total. The number of hydrogen-bond acceptors (Lipinski definition) is 8. The average Bonchev–Trinajstić information content (AvgIpc) is 2.39. The van der Waals surface area contributed by atoms with Crippen molar-refractivity contribution in [2.45, 2.75) is 38.6 Å². The van der Waals surface area contributed by atoms with Crippen LogP contribution in [0.25, 0.3) is 0 Å². The van der Waals surface area contributed by atoms with Gasteiger partial charge in [-0.25, -0.2) is 9.59 Å². The van der Waals surface area contributed by atoms with Crippen LogP contribution < -0.4 is 0 Å². The molecule has 0 aromatic rings. The Labute approximate surface area is 127 Å². The summed E-state index contributed by atoms with van der Waals surface area (Å²) in [7, 11) is 0. The lowest BCUT2D eigenvalue weighted by Crippen LogP contribution is -2.24. The smallest absolute Gasteiger partial charge is 0.327 e. The zero-order valence-corrected chi connectivity index (χ0v) is 12.4. The first kappa shape index (κ1) is 28.4. The molecular formula is C12H24O10. The zero-order chi connectivity index (χ0) is 19.0. The van der Waals surface area contributed by atoms with Crippen LogP contribution in [0.4, 0.5) is 0 Å². The van der Waals surface area contributed by atoms with Gasteiger partial charge in [0.1, 0.15) is 0 Å². The van der Waals surface area contributed by atoms with Gasteiger partial charge >= 0.3 is 11.9 Å². The third kappa shape index (κ3) is 80.2. The van der Waals surface area contributed by atoms with E-state index >= 15 is 0 Å². The van der Waals surface area contributed by atoms with Crippen LogP contribution in [0.3, 0.4) is 0 Å². The summed E-state index contributed by atoms with van der Waals surface area (Å²) in [5, 5.41) is 62.8. The van der Waals surface area contributed by atoms with Crippen LogP contribution in [-0.4, -0.2) is 64.7 Å². The summed E-state index contributed by atoms with van der Waals surface area (Å²) in [6, 6.07) is 0. The van der Waals surface area contributed by atoms with Gasteiger partial charge in [-0.2, -0.15) is 0 Å². The Morgan fingerprint density at radius 1 is 0.773 bits per heavy atom. The predicted molar refractivity (Wildman–Crippen MR) is 75.0 cm³/mol. The fraction of sp³-hybridized carbons (Fsp3) is 0.500. The van der Waals surface area contributed by atoms with Crippen molar-refractivity contribution in [1.82, 2.24) is 0 Å². The molecular weight excluding hydrogens is 304 g/mol. The van der Waals surface area contributed by atoms with Crippen molar-refractivity contribution in [1.29, 1.82) is 0 Å². The minimum Gasteiger partial charge on any atom is -0.478 e. The number of rotatable bonds is 4. The van der Waals surface area contributed by atoms with E-state index in [2.05, 4.69) is 13.2 Å². The van der Waals surface area contributed by atoms with Crippen molar-refractivity contribution in [2.75, 3.05) is 0 Å². The van der Waals surface area contributed by atoms with Gasteiger partial charge < -0.3 is 40.9 Å². The van der Waals surface area contributed by atoms with Crippen LogP contribution in [0.5, 0.6) is 0 Å². The molecule has 0 heterocycles. The van der Waals surface area contributed by atoms with E-state index in [0.29, 0.717) is 0 Å². The lowest BCUT2D eigenvalue weighted by Gasteiger charge is -2.08. The number of hydrogen-bond donors (Lipinski definition) is 8. The third-order valence-corrected chi connectivity index (χ3v) is 1.30. The molecule has 0 aliphatic rings. The summed E-state index contributed by atoms with van der Waals surface area (Å²) in [6.45, 7) is 8.84. The van der Waals surface area contributed by atoms with Gasteiger partial charge in [-0.15, -0.1) is 0 Å². The van der Waals surface area contributed by atoms with Crippen molar-refractivity contribution >= 4 is 11.9 Å². The Morgan fingerprint density at radius 2 is 0.864 bits per heavy atom. The van der Waals surface area contributed by atoms with Gasteiger partial charge in [0.2, 0.25) is 0 Å². The highest BCUT2D eigenvalue weighted by molar-refractivity contribution is 5.79. The maximum absolute atomic E-state index is 9.25. The second kappa shape index (κ2) is 15.6. The van der Waals surface area contributed by atoms with Crippen LogP contribution in [0, 0.1) is 0 Å². The second-order valence-corrected chi connectivity index (χ2v) is 3.34. The van der Waals surface area contributed by atoms with E-state index in [-0.39, 0.29) is 12.8 Å². The van der Waals surface area contributed by atoms with Crippen molar-refractivity contribution in [3.63, 3.8) is 0 Å². The number of carboxylic acid groups (broad SMARTS) is 2. The highest BCUT2D eigenvalue weighted by Crippen LogP contribution is 1.95. The molecule has 0 unspecified atom stereocenters. The maximum Gasteiger partial charge on any atom is 0.327 e. The Balaban J connectivity index is -0.0000000986. The van der Waals surface area contributed by atoms with E-state index in [1.807, 2.05) is 0 Å². The highest BCUT2D eigenvalue weighted by Gasteiger charge is 2.12. The largest absolute Gasteiger partial charge is 0.478 e. The van der Waals surface area contributed by atoms with Crippen LogP contribution >= 0.6 is 0 Å². The van der Waals surface area contributed by atoms with Gasteiger partial charge in [-0.1, -0.05) is 27.0 Å². The molecule has 0 saturated heterocycles. The Morgan fingerprint density at radius 3 is 0.864 bits per heavy atom. The molecule has 10 heteroatoms. The van der Waals surface area contributed by atoms with E-state index in [9.17, 15) is 9.59 Å². The molecule has 0 atom stereocenters. The summed E-state index contributed by atoms with van der Waals surface area (Å²) >= 11 is 0. The Kier molecular flexibility index (Phi) is 20.1. The van der Waals surface area contributed by atoms with Gasteiger partial charge in [0.25, 0.3) is 11.9 Å². The second-order valence-electron chi connectivity index (χ2n) is 3.34. The molecule has 0 aliphatic heterocycles. The van der Waals surface area contributed by atoms with Crippen molar-refractivity contribution in [3.8, 4) is 0 Å². The van der Waals surface area contributed by atoms with Gasteiger partial charge in [0.05, 0.1) is 0 Å². The summed E-state index contributed by atoms with van der Waals surface area (Å²) in [5.74, 6) is -6.88. The molecule has 0 aromatic heterocycles. The quantitative estimate of drug-likeness (QED) is 0.224. The average molecular weight is 328 g/mol. The van der Waals surface area contributed by atoms with Gasteiger partial charge in [-0.3, -0.25) is 0 Å². The summed E-state index contributed by atoms with van der Waals surface area (Å²) in [6.07, 6.45) is 1.54. The molecule has 0 fully saturated rings. The molecule has 0 amide bonds. The van der Waals surface area contributed by atoms with Crippen molar-refractivity contribution in [3.05, 3.63) is 25.3 Å². The standard InChI is InChI=1S/2C3H8O3.2C3H4O2/c2*1-2-3(4,5)6;2*1-2-3(4)5/h2*4-6H,2H2,1H3;2*2H,1H2,(H,4,5). The fourth-order valence-corrected chi connectivity index (χ4v) is 0. The van der Waals surface area contributed by atoms with Gasteiger partial charge in [-0.05, 0) is 0 Å². The Hall–Kier alpha value is -1.82. The number of carbonyl (C=O) groups is 2. The molecule has 0 aromatic carbocycles. The molecule has 22 heavy (non-hydrogen) atoms. The van der Waals surface area contributed by atoms with Crippen molar-refractivity contribution < 1.29 is 50.4 Å². The monoisotopic (exact) mass is 328 g/mol. The van der Waals surface area contributed by atoms with Crippen LogP contribution in [-0.2, 0) is 9.59 Å². The minimum absolute atomic E-state index is 0.0625. The van der Waals surface area contributed by atoms with Crippen LogP contribution in [0.15, 0.2) is 25.3 Å². The first-order valence-electron chi connectivity index (χ1n) is 5.71. The van der Waals surface area contributed by atoms with Crippen LogP contribution in [0.2, 0.25) is 0 Å². The molecule has 0 rings (SSSR count). The molecule has 0 bridgehead atoms. The van der Waals surface area contributed by atoms with E-state index in [0.717, 1.165) is 12.2 Å². The number of aliphatic carboxylic acids is 2. The first-order chi connectivity index (χ1) is 9.66. The highest BCUT2D eigenvalue weighted by atomic mass is 16.7. The molecule has 0 saturated carbocycles. The van der Waals surface area contributed by atoms with Gasteiger partial charge in [0, 0.05) is 25.0 Å². The molecule has 8 N–H and O–H groups in total. The predicted octanol–water partition coefficient (Wildman–Crippen LogP) is -1.43. The number of aliphatic hydroxyl groups is 6. The first-order valence-corrected chi connectivity index (χ1v) is 5.71. The third-order valence-electron chi connectivity index (χ3n) is 1.30. The molecule has 0 spiro atoms. The maximum atomic E-state index is 9.25. The van der Waals surface area contributed by atoms with Crippen LogP contribution in [0.1, 0.15) is 26.7 Å². The normalized spacial score (nSPS) is 9.45. The number of carboxylic acids is 2. The summed E-state index contributed by atoms with van der Waals surface area (Å²) in [4.78, 5) is 18.5. The van der Waals surface area contributed by atoms with E-state index in [1.54, 1.807) is 0 Å². The van der Waals surface area contributed by atoms with E-state index < -0.39 is 23.9 Å². The minimum atomic E-state index is -2.46. The van der Waals surface area contributed by atoms with E-state index in [4.69, 9.17) is 40.9 Å². The summed E-state index contributed by atoms with van der Waals surface area (Å²) < 4.78 is 0. The van der Waals surface area contributed by atoms with Crippen molar-refractivity contribution in [2.24, 2.45) is 0 Å². The fourth-order valence-electron chi connectivity index (χ4n) is 0. The lowest BCUT2D eigenvalue weighted by molar-refractivity contribution is -0.313. The lowest BCUT2D eigenvalue weighted by atomic mass is 10.4. The molecule has 132 valence electrons. The SMILES string of the molecule is C=CC(=O)O.C=CC(=O)O.CCC(O)(O)O.CCC(O)(O)O. The topological polar surface area (TPSA) is 196 Å². The zero-order valence-electron chi connectivity index (χ0n) is 12.4. The summed E-state index contributed by atoms with van der Waals surface area (Å²) in [5.41, 5.74) is 0. The van der Waals surface area contributed by atoms with Gasteiger partial charge in [0.15, 0.2) is 0 Å². The Bertz CT molecular complexity index is 279. The van der Waals surface area contributed by atoms with E-state index in [1.165, 1.54) is 13.8 Å². The molecule has 0 radical (unpaired) electrons. The molecule has 0 aliphatic carbocycles.